The van der Waals surface area contributed by atoms with Crippen LogP contribution < -0.4 is 5.32 Å². The van der Waals surface area contributed by atoms with Crippen molar-refractivity contribution in [1.82, 2.24) is 10.2 Å². The van der Waals surface area contributed by atoms with Crippen molar-refractivity contribution in [3.05, 3.63) is 70.8 Å². The number of benzene rings is 2. The molecule has 0 aliphatic carbocycles. The lowest BCUT2D eigenvalue weighted by molar-refractivity contribution is -0.140. The third kappa shape index (κ3) is 7.33. The molecule has 0 saturated heterocycles. The van der Waals surface area contributed by atoms with Crippen molar-refractivity contribution in [2.24, 2.45) is 5.92 Å². The summed E-state index contributed by atoms with van der Waals surface area (Å²) in [5, 5.41) is 2.97. The molecule has 0 saturated carbocycles. The number of carbonyl (C=O) groups is 2. The van der Waals surface area contributed by atoms with Crippen LogP contribution >= 0.6 is 0 Å². The lowest BCUT2D eigenvalue weighted by atomic mass is 10.0. The van der Waals surface area contributed by atoms with Gasteiger partial charge < -0.3 is 10.2 Å². The molecule has 0 aliphatic heterocycles. The van der Waals surface area contributed by atoms with E-state index < -0.39 is 6.04 Å². The summed E-state index contributed by atoms with van der Waals surface area (Å²) < 4.78 is 0. The summed E-state index contributed by atoms with van der Waals surface area (Å²) in [6.45, 7) is 11.2. The van der Waals surface area contributed by atoms with Crippen LogP contribution in [0.25, 0.3) is 0 Å². The molecule has 2 aromatic rings. The van der Waals surface area contributed by atoms with Crippen molar-refractivity contribution in [3.63, 3.8) is 0 Å². The van der Waals surface area contributed by atoms with Crippen LogP contribution in [0, 0.1) is 12.8 Å². The molecule has 0 bridgehead atoms. The van der Waals surface area contributed by atoms with Gasteiger partial charge in [-0.25, -0.2) is 0 Å². The summed E-state index contributed by atoms with van der Waals surface area (Å²) >= 11 is 0. The molecule has 2 amide bonds. The zero-order chi connectivity index (χ0) is 22.1. The second kappa shape index (κ2) is 11.5. The van der Waals surface area contributed by atoms with Gasteiger partial charge in [-0.15, -0.1) is 0 Å². The number of amides is 2. The fraction of sp³-hybridized carbons (Fsp3) is 0.462. The minimum atomic E-state index is -0.515. The Labute approximate surface area is 181 Å². The van der Waals surface area contributed by atoms with E-state index in [1.807, 2.05) is 32.0 Å². The summed E-state index contributed by atoms with van der Waals surface area (Å²) in [6.07, 6.45) is 2.07. The highest BCUT2D eigenvalue weighted by Crippen LogP contribution is 2.15. The maximum Gasteiger partial charge on any atom is 0.242 e. The fourth-order valence-electron chi connectivity index (χ4n) is 3.38. The average molecular weight is 409 g/mol. The number of aryl methyl sites for hydroxylation is 3. The van der Waals surface area contributed by atoms with Gasteiger partial charge in [0.2, 0.25) is 11.8 Å². The van der Waals surface area contributed by atoms with Gasteiger partial charge in [0, 0.05) is 19.5 Å². The molecule has 2 rings (SSSR count). The van der Waals surface area contributed by atoms with Gasteiger partial charge >= 0.3 is 0 Å². The minimum absolute atomic E-state index is 0.00303. The molecule has 30 heavy (non-hydrogen) atoms. The Bertz CT molecular complexity index is 827. The smallest absolute Gasteiger partial charge is 0.242 e. The third-order valence-corrected chi connectivity index (χ3v) is 5.35. The summed E-state index contributed by atoms with van der Waals surface area (Å²) in [7, 11) is 0. The van der Waals surface area contributed by atoms with Gasteiger partial charge in [-0.3, -0.25) is 9.59 Å². The number of nitrogens with zero attached hydrogens (tertiary/aromatic N) is 1. The van der Waals surface area contributed by atoms with Gasteiger partial charge in [-0.1, -0.05) is 74.9 Å². The summed E-state index contributed by atoms with van der Waals surface area (Å²) in [4.78, 5) is 27.6. The molecule has 0 spiro atoms. The highest BCUT2D eigenvalue weighted by Gasteiger charge is 2.26. The molecular weight excluding hydrogens is 372 g/mol. The van der Waals surface area contributed by atoms with E-state index >= 15 is 0 Å². The van der Waals surface area contributed by atoms with Gasteiger partial charge in [-0.05, 0) is 49.3 Å². The van der Waals surface area contributed by atoms with E-state index in [0.717, 1.165) is 23.1 Å². The Morgan fingerprint density at radius 2 is 1.63 bits per heavy atom. The van der Waals surface area contributed by atoms with E-state index in [-0.39, 0.29) is 11.8 Å². The standard InChI is InChI=1S/C26H36N2O2/c1-6-22-10-12-23(13-11-22)14-15-25(29)28(18-24-9-7-8-20(4)16-24)21(5)26(30)27-17-19(2)3/h7-13,16,19,21H,6,14-15,17-18H2,1-5H3,(H,27,30)/t21-/m0/s1. The van der Waals surface area contributed by atoms with E-state index in [1.165, 1.54) is 5.56 Å². The summed E-state index contributed by atoms with van der Waals surface area (Å²) in [5.74, 6) is 0.272. The molecule has 4 nitrogen and oxygen atoms in total. The lowest BCUT2D eigenvalue weighted by Gasteiger charge is -2.29. The Hall–Kier alpha value is -2.62. The molecule has 1 atom stereocenters. The molecule has 0 aromatic heterocycles. The Morgan fingerprint density at radius 3 is 2.23 bits per heavy atom. The van der Waals surface area contributed by atoms with E-state index in [1.54, 1.807) is 4.90 Å². The van der Waals surface area contributed by atoms with Gasteiger partial charge in [0.25, 0.3) is 0 Å². The molecule has 4 heteroatoms. The van der Waals surface area contributed by atoms with Crippen molar-refractivity contribution < 1.29 is 9.59 Å². The highest BCUT2D eigenvalue weighted by atomic mass is 16.2. The van der Waals surface area contributed by atoms with Crippen molar-refractivity contribution in [2.45, 2.75) is 66.5 Å². The second-order valence-corrected chi connectivity index (χ2v) is 8.50. The quantitative estimate of drug-likeness (QED) is 0.620. The topological polar surface area (TPSA) is 49.4 Å². The third-order valence-electron chi connectivity index (χ3n) is 5.35. The van der Waals surface area contributed by atoms with Gasteiger partial charge in [0.1, 0.15) is 6.04 Å². The van der Waals surface area contributed by atoms with Crippen LogP contribution in [0.4, 0.5) is 0 Å². The number of carbonyl (C=O) groups excluding carboxylic acids is 2. The maximum atomic E-state index is 13.2. The molecule has 0 heterocycles. The number of nitrogens with one attached hydrogen (secondary N) is 1. The van der Waals surface area contributed by atoms with Crippen LogP contribution in [0.2, 0.25) is 0 Å². The lowest BCUT2D eigenvalue weighted by Crippen LogP contribution is -2.48. The first-order chi connectivity index (χ1) is 14.3. The van der Waals surface area contributed by atoms with E-state index in [9.17, 15) is 9.59 Å². The molecule has 2 aromatic carbocycles. The first-order valence-electron chi connectivity index (χ1n) is 11.0. The minimum Gasteiger partial charge on any atom is -0.354 e. The van der Waals surface area contributed by atoms with Crippen LogP contribution in [0.15, 0.2) is 48.5 Å². The zero-order valence-corrected chi connectivity index (χ0v) is 19.1. The molecule has 0 fully saturated rings. The van der Waals surface area contributed by atoms with Crippen molar-refractivity contribution in [2.75, 3.05) is 6.54 Å². The normalized spacial score (nSPS) is 11.9. The van der Waals surface area contributed by atoms with E-state index in [0.29, 0.717) is 31.8 Å². The summed E-state index contributed by atoms with van der Waals surface area (Å²) in [6, 6.07) is 16.0. The Balaban J connectivity index is 2.11. The van der Waals surface area contributed by atoms with Crippen LogP contribution in [0.5, 0.6) is 0 Å². The zero-order valence-electron chi connectivity index (χ0n) is 19.1. The monoisotopic (exact) mass is 408 g/mol. The van der Waals surface area contributed by atoms with Crippen LogP contribution in [-0.2, 0) is 29.0 Å². The molecule has 0 unspecified atom stereocenters. The second-order valence-electron chi connectivity index (χ2n) is 8.50. The van der Waals surface area contributed by atoms with Crippen molar-refractivity contribution in [1.29, 1.82) is 0 Å². The predicted octanol–water partition coefficient (Wildman–Crippen LogP) is 4.68. The largest absolute Gasteiger partial charge is 0.354 e. The molecular formula is C26H36N2O2. The Morgan fingerprint density at radius 1 is 0.967 bits per heavy atom. The molecule has 1 N–H and O–H groups in total. The number of hydrogen-bond acceptors (Lipinski definition) is 2. The average Bonchev–Trinajstić information content (AvgIpc) is 2.74. The van der Waals surface area contributed by atoms with Crippen LogP contribution in [0.1, 0.15) is 56.4 Å². The molecule has 0 radical (unpaired) electrons. The SMILES string of the molecule is CCc1ccc(CCC(=O)N(Cc2cccc(C)c2)[C@@H](C)C(=O)NCC(C)C)cc1. The van der Waals surface area contributed by atoms with Crippen molar-refractivity contribution in [3.8, 4) is 0 Å². The fourth-order valence-corrected chi connectivity index (χ4v) is 3.38. The van der Waals surface area contributed by atoms with Gasteiger partial charge in [-0.2, -0.15) is 0 Å². The number of hydrogen-bond donors (Lipinski definition) is 1. The molecule has 162 valence electrons. The highest BCUT2D eigenvalue weighted by molar-refractivity contribution is 5.87. The maximum absolute atomic E-state index is 13.2. The van der Waals surface area contributed by atoms with Crippen molar-refractivity contribution >= 4 is 11.8 Å². The first kappa shape index (κ1) is 23.7. The van der Waals surface area contributed by atoms with Crippen LogP contribution in [0.3, 0.4) is 0 Å². The van der Waals surface area contributed by atoms with E-state index in [2.05, 4.69) is 56.4 Å². The summed E-state index contributed by atoms with van der Waals surface area (Å²) in [5.41, 5.74) is 4.63. The van der Waals surface area contributed by atoms with E-state index in [4.69, 9.17) is 0 Å². The number of rotatable bonds is 10. The Kier molecular flexibility index (Phi) is 9.10. The molecule has 0 aliphatic rings. The van der Waals surface area contributed by atoms with Gasteiger partial charge in [0.15, 0.2) is 0 Å². The first-order valence-corrected chi connectivity index (χ1v) is 11.0. The van der Waals surface area contributed by atoms with Gasteiger partial charge in [0.05, 0.1) is 0 Å². The predicted molar refractivity (Wildman–Crippen MR) is 123 cm³/mol. The van der Waals surface area contributed by atoms with Crippen LogP contribution in [-0.4, -0.2) is 29.3 Å².